The van der Waals surface area contributed by atoms with Crippen LogP contribution < -0.4 is 5.32 Å². The van der Waals surface area contributed by atoms with E-state index in [0.29, 0.717) is 6.04 Å². The summed E-state index contributed by atoms with van der Waals surface area (Å²) in [6.45, 7) is 7.38. The molecule has 1 atom stereocenters. The summed E-state index contributed by atoms with van der Waals surface area (Å²) in [4.78, 5) is 0. The topological polar surface area (TPSA) is 21.3 Å². The van der Waals surface area contributed by atoms with Crippen molar-refractivity contribution in [2.24, 2.45) is 0 Å². The quantitative estimate of drug-likeness (QED) is 0.764. The molecule has 0 heterocycles. The van der Waals surface area contributed by atoms with E-state index in [9.17, 15) is 0 Å². The Morgan fingerprint density at radius 3 is 2.35 bits per heavy atom. The number of nitrogens with one attached hydrogen (secondary N) is 1. The molecule has 1 rings (SSSR count). The second-order valence-electron chi connectivity index (χ2n) is 4.77. The summed E-state index contributed by atoms with van der Waals surface area (Å²) in [6, 6.07) is 5.04. The number of aryl methyl sites for hydroxylation is 3. The standard InChI is InChI=1S/C15H25NO/c1-11-9-13(3)14(10-12(11)2)15(16-4)7-6-8-17-5/h9-10,15-16H,6-8H2,1-5H3. The molecule has 0 aliphatic rings. The van der Waals surface area contributed by atoms with Gasteiger partial charge in [-0.25, -0.2) is 0 Å². The molecule has 2 heteroatoms. The number of hydrogen-bond donors (Lipinski definition) is 1. The number of ether oxygens (including phenoxy) is 1. The van der Waals surface area contributed by atoms with Crippen LogP contribution in [-0.4, -0.2) is 20.8 Å². The third-order valence-corrected chi connectivity index (χ3v) is 3.45. The Morgan fingerprint density at radius 2 is 1.76 bits per heavy atom. The van der Waals surface area contributed by atoms with E-state index < -0.39 is 0 Å². The Labute approximate surface area is 105 Å². The van der Waals surface area contributed by atoms with Gasteiger partial charge < -0.3 is 10.1 Å². The molecule has 0 saturated carbocycles. The number of rotatable bonds is 6. The minimum absolute atomic E-state index is 0.435. The fourth-order valence-corrected chi connectivity index (χ4v) is 2.25. The summed E-state index contributed by atoms with van der Waals surface area (Å²) in [5.41, 5.74) is 5.55. The molecule has 0 bridgehead atoms. The fraction of sp³-hybridized carbons (Fsp3) is 0.600. The molecule has 0 saturated heterocycles. The van der Waals surface area contributed by atoms with Crippen LogP contribution in [0.5, 0.6) is 0 Å². The highest BCUT2D eigenvalue weighted by Crippen LogP contribution is 2.24. The van der Waals surface area contributed by atoms with Crippen molar-refractivity contribution in [1.29, 1.82) is 0 Å². The first-order chi connectivity index (χ1) is 8.10. The Hall–Kier alpha value is -0.860. The molecule has 17 heavy (non-hydrogen) atoms. The molecule has 0 aliphatic carbocycles. The Bertz CT molecular complexity index is 360. The molecule has 1 unspecified atom stereocenters. The minimum atomic E-state index is 0.435. The third kappa shape index (κ3) is 3.83. The van der Waals surface area contributed by atoms with Gasteiger partial charge >= 0.3 is 0 Å². The molecule has 0 amide bonds. The summed E-state index contributed by atoms with van der Waals surface area (Å²) in [5.74, 6) is 0. The van der Waals surface area contributed by atoms with E-state index in [0.717, 1.165) is 19.4 Å². The zero-order chi connectivity index (χ0) is 12.8. The van der Waals surface area contributed by atoms with Gasteiger partial charge in [0.2, 0.25) is 0 Å². The van der Waals surface area contributed by atoms with Gasteiger partial charge in [0.1, 0.15) is 0 Å². The van der Waals surface area contributed by atoms with E-state index in [1.807, 2.05) is 7.05 Å². The summed E-state index contributed by atoms with van der Waals surface area (Å²) in [7, 11) is 3.79. The second-order valence-corrected chi connectivity index (χ2v) is 4.77. The number of benzene rings is 1. The summed E-state index contributed by atoms with van der Waals surface area (Å²) >= 11 is 0. The number of methoxy groups -OCH3 is 1. The van der Waals surface area contributed by atoms with Crippen LogP contribution in [0, 0.1) is 20.8 Å². The predicted octanol–water partition coefficient (Wildman–Crippen LogP) is 3.30. The van der Waals surface area contributed by atoms with Crippen molar-refractivity contribution in [2.45, 2.75) is 39.7 Å². The lowest BCUT2D eigenvalue weighted by molar-refractivity contribution is 0.189. The Balaban J connectivity index is 2.84. The normalized spacial score (nSPS) is 12.8. The predicted molar refractivity (Wildman–Crippen MR) is 73.6 cm³/mol. The second kappa shape index (κ2) is 6.77. The van der Waals surface area contributed by atoms with E-state index in [-0.39, 0.29) is 0 Å². The molecular formula is C15H25NO. The van der Waals surface area contributed by atoms with E-state index >= 15 is 0 Å². The van der Waals surface area contributed by atoms with Crippen LogP contribution in [0.15, 0.2) is 12.1 Å². The maximum Gasteiger partial charge on any atom is 0.0462 e. The fourth-order valence-electron chi connectivity index (χ4n) is 2.25. The van der Waals surface area contributed by atoms with Crippen molar-refractivity contribution in [3.8, 4) is 0 Å². The minimum Gasteiger partial charge on any atom is -0.385 e. The molecule has 0 aromatic heterocycles. The van der Waals surface area contributed by atoms with Crippen LogP contribution in [0.2, 0.25) is 0 Å². The van der Waals surface area contributed by atoms with Crippen LogP contribution in [0.3, 0.4) is 0 Å². The highest BCUT2D eigenvalue weighted by molar-refractivity contribution is 5.38. The average Bonchev–Trinajstić information content (AvgIpc) is 2.30. The van der Waals surface area contributed by atoms with E-state index in [1.54, 1.807) is 7.11 Å². The molecular weight excluding hydrogens is 210 g/mol. The van der Waals surface area contributed by atoms with Crippen LogP contribution in [0.4, 0.5) is 0 Å². The molecule has 0 fully saturated rings. The van der Waals surface area contributed by atoms with Crippen molar-refractivity contribution in [2.75, 3.05) is 20.8 Å². The van der Waals surface area contributed by atoms with Gasteiger partial charge in [0.05, 0.1) is 0 Å². The van der Waals surface area contributed by atoms with Gasteiger partial charge in [-0.15, -0.1) is 0 Å². The van der Waals surface area contributed by atoms with Gasteiger partial charge in [-0.3, -0.25) is 0 Å². The molecule has 0 aliphatic heterocycles. The smallest absolute Gasteiger partial charge is 0.0462 e. The summed E-state index contributed by atoms with van der Waals surface area (Å²) in [5, 5.41) is 3.41. The largest absolute Gasteiger partial charge is 0.385 e. The lowest BCUT2D eigenvalue weighted by atomic mass is 9.93. The highest BCUT2D eigenvalue weighted by atomic mass is 16.5. The van der Waals surface area contributed by atoms with E-state index in [2.05, 4.69) is 38.2 Å². The van der Waals surface area contributed by atoms with Crippen LogP contribution in [0.1, 0.15) is 41.1 Å². The summed E-state index contributed by atoms with van der Waals surface area (Å²) < 4.78 is 5.12. The first-order valence-corrected chi connectivity index (χ1v) is 6.34. The van der Waals surface area contributed by atoms with Gasteiger partial charge in [0, 0.05) is 19.8 Å². The first-order valence-electron chi connectivity index (χ1n) is 6.34. The lowest BCUT2D eigenvalue weighted by Gasteiger charge is -2.20. The number of hydrogen-bond acceptors (Lipinski definition) is 2. The molecule has 1 N–H and O–H groups in total. The zero-order valence-corrected chi connectivity index (χ0v) is 11.8. The van der Waals surface area contributed by atoms with Gasteiger partial charge in [-0.2, -0.15) is 0 Å². The monoisotopic (exact) mass is 235 g/mol. The van der Waals surface area contributed by atoms with Crippen molar-refractivity contribution in [3.05, 3.63) is 34.4 Å². The molecule has 1 aromatic rings. The average molecular weight is 235 g/mol. The highest BCUT2D eigenvalue weighted by Gasteiger charge is 2.12. The molecule has 1 aromatic carbocycles. The Kier molecular flexibility index (Phi) is 5.66. The first kappa shape index (κ1) is 14.2. The SMILES string of the molecule is CNC(CCCOC)c1cc(C)c(C)cc1C. The van der Waals surface area contributed by atoms with E-state index in [1.165, 1.54) is 22.3 Å². The molecule has 96 valence electrons. The van der Waals surface area contributed by atoms with Crippen molar-refractivity contribution >= 4 is 0 Å². The van der Waals surface area contributed by atoms with E-state index in [4.69, 9.17) is 4.74 Å². The van der Waals surface area contributed by atoms with Crippen molar-refractivity contribution in [1.82, 2.24) is 5.32 Å². The van der Waals surface area contributed by atoms with Crippen molar-refractivity contribution < 1.29 is 4.74 Å². The molecule has 0 radical (unpaired) electrons. The zero-order valence-electron chi connectivity index (χ0n) is 11.8. The Morgan fingerprint density at radius 1 is 1.12 bits per heavy atom. The van der Waals surface area contributed by atoms with Gasteiger partial charge in [0.25, 0.3) is 0 Å². The van der Waals surface area contributed by atoms with Gasteiger partial charge in [-0.1, -0.05) is 12.1 Å². The van der Waals surface area contributed by atoms with Crippen molar-refractivity contribution in [3.63, 3.8) is 0 Å². The molecule has 0 spiro atoms. The van der Waals surface area contributed by atoms with Crippen LogP contribution in [-0.2, 0) is 4.74 Å². The maximum atomic E-state index is 5.12. The van der Waals surface area contributed by atoms with Crippen LogP contribution >= 0.6 is 0 Å². The molecule has 2 nitrogen and oxygen atoms in total. The lowest BCUT2D eigenvalue weighted by Crippen LogP contribution is -2.18. The summed E-state index contributed by atoms with van der Waals surface area (Å²) in [6.07, 6.45) is 2.21. The third-order valence-electron chi connectivity index (χ3n) is 3.45. The van der Waals surface area contributed by atoms with Gasteiger partial charge in [0.15, 0.2) is 0 Å². The van der Waals surface area contributed by atoms with Crippen LogP contribution in [0.25, 0.3) is 0 Å². The van der Waals surface area contributed by atoms with Gasteiger partial charge in [-0.05, 0) is 62.9 Å². The maximum absolute atomic E-state index is 5.12.